The third-order valence-corrected chi connectivity index (χ3v) is 4.63. The molecule has 0 saturated carbocycles. The summed E-state index contributed by atoms with van der Waals surface area (Å²) >= 11 is 0. The molecule has 0 spiro atoms. The lowest BCUT2D eigenvalue weighted by atomic mass is 10.0. The van der Waals surface area contributed by atoms with Crippen LogP contribution in [0.15, 0.2) is 41.5 Å². The maximum Gasteiger partial charge on any atom is 0.270 e. The van der Waals surface area contributed by atoms with Gasteiger partial charge < -0.3 is 19.5 Å². The van der Waals surface area contributed by atoms with Crippen LogP contribution >= 0.6 is 0 Å². The smallest absolute Gasteiger partial charge is 0.270 e. The second kappa shape index (κ2) is 11.5. The number of rotatable bonds is 10. The van der Waals surface area contributed by atoms with Crippen LogP contribution in [0.2, 0.25) is 0 Å². The van der Waals surface area contributed by atoms with Gasteiger partial charge in [-0.2, -0.15) is 5.10 Å². The van der Waals surface area contributed by atoms with E-state index in [1.807, 2.05) is 0 Å². The first-order valence-electron chi connectivity index (χ1n) is 9.90. The molecule has 0 saturated heterocycles. The van der Waals surface area contributed by atoms with E-state index < -0.39 is 22.8 Å². The minimum Gasteiger partial charge on any atom is -0.493 e. The highest BCUT2D eigenvalue weighted by atomic mass is 16.6. The van der Waals surface area contributed by atoms with Crippen LogP contribution in [-0.4, -0.2) is 50.3 Å². The molecular formula is C22H26N4O7. The zero-order chi connectivity index (χ0) is 24.5. The second-order valence-electron chi connectivity index (χ2n) is 7.20. The Hall–Kier alpha value is -4.15. The predicted octanol–water partition coefficient (Wildman–Crippen LogP) is 2.53. The van der Waals surface area contributed by atoms with E-state index in [1.54, 1.807) is 26.0 Å². The van der Waals surface area contributed by atoms with Crippen LogP contribution in [0.3, 0.4) is 0 Å². The number of carbonyl (C=O) groups is 2. The van der Waals surface area contributed by atoms with Gasteiger partial charge in [-0.3, -0.25) is 19.7 Å². The fraction of sp³-hybridized carbons (Fsp3) is 0.318. The van der Waals surface area contributed by atoms with Gasteiger partial charge >= 0.3 is 0 Å². The lowest BCUT2D eigenvalue weighted by Crippen LogP contribution is -2.48. The van der Waals surface area contributed by atoms with Gasteiger partial charge in [0.05, 0.1) is 32.5 Å². The largest absolute Gasteiger partial charge is 0.493 e. The van der Waals surface area contributed by atoms with Crippen LogP contribution in [-0.2, 0) is 4.79 Å². The SMILES string of the molecule is COc1cc(/C=N/NC(=O)C(NC(=O)c2cccc([N+](=O)[O-])c2)C(C)C)cc(OC)c1OC. The molecule has 11 nitrogen and oxygen atoms in total. The van der Waals surface area contributed by atoms with Crippen molar-refractivity contribution < 1.29 is 28.7 Å². The monoisotopic (exact) mass is 458 g/mol. The van der Waals surface area contributed by atoms with Gasteiger partial charge in [0.15, 0.2) is 11.5 Å². The van der Waals surface area contributed by atoms with Crippen LogP contribution in [0.4, 0.5) is 5.69 Å². The average Bonchev–Trinajstić information content (AvgIpc) is 2.81. The number of carbonyl (C=O) groups excluding carboxylic acids is 2. The molecule has 2 N–H and O–H groups in total. The summed E-state index contributed by atoms with van der Waals surface area (Å²) in [7, 11) is 4.46. The molecule has 11 heteroatoms. The van der Waals surface area contributed by atoms with Crippen LogP contribution in [0, 0.1) is 16.0 Å². The van der Waals surface area contributed by atoms with Crippen molar-refractivity contribution in [3.8, 4) is 17.2 Å². The quantitative estimate of drug-likeness (QED) is 0.316. The summed E-state index contributed by atoms with van der Waals surface area (Å²) in [5, 5.41) is 17.5. The van der Waals surface area contributed by atoms with Gasteiger partial charge in [0.1, 0.15) is 6.04 Å². The average molecular weight is 458 g/mol. The minimum absolute atomic E-state index is 0.0728. The number of hydrogen-bond donors (Lipinski definition) is 2. The normalized spacial score (nSPS) is 11.7. The Morgan fingerprint density at radius 2 is 1.70 bits per heavy atom. The molecule has 0 bridgehead atoms. The van der Waals surface area contributed by atoms with Gasteiger partial charge in [0, 0.05) is 23.3 Å². The molecule has 2 aromatic rings. The van der Waals surface area contributed by atoms with E-state index in [2.05, 4.69) is 15.8 Å². The van der Waals surface area contributed by atoms with Crippen molar-refractivity contribution in [2.24, 2.45) is 11.0 Å². The number of ether oxygens (including phenoxy) is 3. The highest BCUT2D eigenvalue weighted by Gasteiger charge is 2.25. The van der Waals surface area contributed by atoms with Crippen molar-refractivity contribution in [3.63, 3.8) is 0 Å². The van der Waals surface area contributed by atoms with Crippen molar-refractivity contribution in [2.75, 3.05) is 21.3 Å². The first-order valence-corrected chi connectivity index (χ1v) is 9.90. The van der Waals surface area contributed by atoms with Crippen LogP contribution in [0.5, 0.6) is 17.2 Å². The first kappa shape index (κ1) is 25.1. The molecule has 0 fully saturated rings. The van der Waals surface area contributed by atoms with E-state index in [9.17, 15) is 19.7 Å². The zero-order valence-electron chi connectivity index (χ0n) is 18.9. The maximum absolute atomic E-state index is 12.6. The van der Waals surface area contributed by atoms with E-state index >= 15 is 0 Å². The second-order valence-corrected chi connectivity index (χ2v) is 7.20. The number of nitro benzene ring substituents is 1. The maximum atomic E-state index is 12.6. The summed E-state index contributed by atoms with van der Waals surface area (Å²) in [6.07, 6.45) is 1.39. The number of nitro groups is 1. The third kappa shape index (κ3) is 6.42. The summed E-state index contributed by atoms with van der Waals surface area (Å²) in [6.45, 7) is 3.50. The summed E-state index contributed by atoms with van der Waals surface area (Å²) in [4.78, 5) is 35.5. The molecule has 0 aliphatic rings. The summed E-state index contributed by atoms with van der Waals surface area (Å²) in [6, 6.07) is 7.64. The molecule has 0 aliphatic carbocycles. The van der Waals surface area contributed by atoms with Gasteiger partial charge in [-0.25, -0.2) is 5.43 Å². The summed E-state index contributed by atoms with van der Waals surface area (Å²) in [5.41, 5.74) is 2.83. The highest BCUT2D eigenvalue weighted by molar-refractivity contribution is 5.98. The fourth-order valence-corrected chi connectivity index (χ4v) is 2.94. The Balaban J connectivity index is 2.13. The van der Waals surface area contributed by atoms with Crippen molar-refractivity contribution >= 4 is 23.7 Å². The highest BCUT2D eigenvalue weighted by Crippen LogP contribution is 2.37. The van der Waals surface area contributed by atoms with E-state index in [0.29, 0.717) is 22.8 Å². The molecule has 2 aromatic carbocycles. The lowest BCUT2D eigenvalue weighted by Gasteiger charge is -2.20. The Morgan fingerprint density at radius 3 is 2.21 bits per heavy atom. The molecule has 2 rings (SSSR count). The Kier molecular flexibility index (Phi) is 8.72. The van der Waals surface area contributed by atoms with Crippen molar-refractivity contribution in [2.45, 2.75) is 19.9 Å². The van der Waals surface area contributed by atoms with Crippen molar-refractivity contribution in [3.05, 3.63) is 57.6 Å². The first-order chi connectivity index (χ1) is 15.7. The molecule has 0 aliphatic heterocycles. The van der Waals surface area contributed by atoms with Gasteiger partial charge in [0.2, 0.25) is 5.75 Å². The number of methoxy groups -OCH3 is 3. The van der Waals surface area contributed by atoms with Gasteiger partial charge in [-0.05, 0) is 24.1 Å². The van der Waals surface area contributed by atoms with Crippen LogP contribution in [0.1, 0.15) is 29.8 Å². The van der Waals surface area contributed by atoms with Crippen LogP contribution in [0.25, 0.3) is 0 Å². The Labute approximate surface area is 190 Å². The third-order valence-electron chi connectivity index (χ3n) is 4.63. The molecule has 33 heavy (non-hydrogen) atoms. The lowest BCUT2D eigenvalue weighted by molar-refractivity contribution is -0.384. The molecule has 1 unspecified atom stereocenters. The summed E-state index contributed by atoms with van der Waals surface area (Å²) < 4.78 is 15.8. The van der Waals surface area contributed by atoms with Gasteiger partial charge in [-0.15, -0.1) is 0 Å². The number of non-ortho nitro benzene ring substituents is 1. The molecular weight excluding hydrogens is 432 g/mol. The predicted molar refractivity (Wildman–Crippen MR) is 121 cm³/mol. The Morgan fingerprint density at radius 1 is 1.06 bits per heavy atom. The van der Waals surface area contributed by atoms with E-state index in [-0.39, 0.29) is 17.2 Å². The molecule has 176 valence electrons. The number of nitrogens with zero attached hydrogens (tertiary/aromatic N) is 2. The zero-order valence-corrected chi connectivity index (χ0v) is 18.9. The number of hydrogen-bond acceptors (Lipinski definition) is 8. The van der Waals surface area contributed by atoms with E-state index in [0.717, 1.165) is 6.07 Å². The van der Waals surface area contributed by atoms with Crippen LogP contribution < -0.4 is 25.0 Å². The standard InChI is InChI=1S/C22H26N4O7/c1-13(2)19(24-21(27)15-7-6-8-16(11-15)26(29)30)22(28)25-23-12-14-9-17(31-3)20(33-5)18(10-14)32-4/h6-13,19H,1-5H3,(H,24,27)(H,25,28)/b23-12+. The van der Waals surface area contributed by atoms with Crippen molar-refractivity contribution in [1.29, 1.82) is 0 Å². The van der Waals surface area contributed by atoms with Gasteiger partial charge in [-0.1, -0.05) is 19.9 Å². The molecule has 1 atom stereocenters. The topological polar surface area (TPSA) is 141 Å². The number of nitrogens with one attached hydrogen (secondary N) is 2. The van der Waals surface area contributed by atoms with Crippen molar-refractivity contribution in [1.82, 2.24) is 10.7 Å². The molecule has 0 aromatic heterocycles. The molecule has 2 amide bonds. The van der Waals surface area contributed by atoms with E-state index in [1.165, 1.54) is 45.7 Å². The van der Waals surface area contributed by atoms with E-state index in [4.69, 9.17) is 14.2 Å². The number of benzene rings is 2. The fourth-order valence-electron chi connectivity index (χ4n) is 2.94. The molecule has 0 radical (unpaired) electrons. The van der Waals surface area contributed by atoms with Gasteiger partial charge in [0.25, 0.3) is 17.5 Å². The number of amides is 2. The minimum atomic E-state index is -0.922. The molecule has 0 heterocycles. The number of hydrazone groups is 1. The Bertz CT molecular complexity index is 1030. The summed E-state index contributed by atoms with van der Waals surface area (Å²) in [5.74, 6) is -0.162.